The zero-order chi connectivity index (χ0) is 38.0. The van der Waals surface area contributed by atoms with E-state index in [1.165, 1.54) is 0 Å². The van der Waals surface area contributed by atoms with Gasteiger partial charge in [-0.2, -0.15) is 0 Å². The van der Waals surface area contributed by atoms with E-state index in [1.54, 1.807) is 12.1 Å². The van der Waals surface area contributed by atoms with Crippen LogP contribution in [0.5, 0.6) is 0 Å². The van der Waals surface area contributed by atoms with Crippen LogP contribution in [0.15, 0.2) is 54.8 Å². The molecule has 0 spiro atoms. The molecule has 1 heterocycles. The number of benzene rings is 1. The second kappa shape index (κ2) is 15.9. The van der Waals surface area contributed by atoms with Crippen molar-refractivity contribution in [3.63, 3.8) is 0 Å². The van der Waals surface area contributed by atoms with Gasteiger partial charge in [-0.1, -0.05) is 118 Å². The van der Waals surface area contributed by atoms with Crippen molar-refractivity contribution in [1.82, 2.24) is 0 Å². The van der Waals surface area contributed by atoms with E-state index in [-0.39, 0.29) is 21.2 Å². The Labute approximate surface area is 305 Å². The molecule has 6 nitrogen and oxygen atoms in total. The fourth-order valence-electron chi connectivity index (χ4n) is 4.89. The van der Waals surface area contributed by atoms with Gasteiger partial charge in [-0.05, 0) is 73.0 Å². The van der Waals surface area contributed by atoms with Gasteiger partial charge < -0.3 is 22.8 Å². The van der Waals surface area contributed by atoms with Gasteiger partial charge in [0.25, 0.3) is 0 Å². The Morgan fingerprint density at radius 1 is 0.755 bits per heavy atom. The van der Waals surface area contributed by atoms with Crippen LogP contribution in [0.3, 0.4) is 0 Å². The summed E-state index contributed by atoms with van der Waals surface area (Å²) in [7, 11) is -8.82. The molecule has 1 aliphatic heterocycles. The Bertz CT molecular complexity index is 1270. The van der Waals surface area contributed by atoms with Crippen molar-refractivity contribution in [2.45, 2.75) is 179 Å². The third-order valence-electron chi connectivity index (χ3n) is 11.1. The fourth-order valence-corrected chi connectivity index (χ4v) is 9.51. The van der Waals surface area contributed by atoms with E-state index in [9.17, 15) is 4.79 Å². The lowest BCUT2D eigenvalue weighted by molar-refractivity contribution is -0.227. The molecular formula is C39H72O6Si4. The van der Waals surface area contributed by atoms with Crippen LogP contribution < -0.4 is 0 Å². The van der Waals surface area contributed by atoms with E-state index in [2.05, 4.69) is 140 Å². The molecule has 0 bridgehead atoms. The Balaban J connectivity index is 2.96. The van der Waals surface area contributed by atoms with Crippen LogP contribution in [0.1, 0.15) is 79.1 Å². The molecule has 1 aliphatic rings. The lowest BCUT2D eigenvalue weighted by Crippen LogP contribution is -2.68. The largest absolute Gasteiger partial charge is 0.453 e. The van der Waals surface area contributed by atoms with Gasteiger partial charge in [-0.15, -0.1) is 6.58 Å². The molecule has 0 unspecified atom stereocenters. The molecule has 49 heavy (non-hydrogen) atoms. The summed E-state index contributed by atoms with van der Waals surface area (Å²) in [5, 5.41) is -0.204. The molecule has 0 amide bonds. The van der Waals surface area contributed by atoms with Crippen LogP contribution >= 0.6 is 0 Å². The highest BCUT2D eigenvalue weighted by Crippen LogP contribution is 2.46. The number of carbonyl (C=O) groups excluding carboxylic acids is 1. The van der Waals surface area contributed by atoms with E-state index in [4.69, 9.17) is 22.8 Å². The van der Waals surface area contributed by atoms with Crippen molar-refractivity contribution in [2.24, 2.45) is 0 Å². The minimum absolute atomic E-state index is 0.0198. The standard InChI is InChI=1S/C39H72O6Si4/c1-20-24-30-32(42-36(40)29-25-22-21-23-26-29)34(44-48(16,17)38(5,6)7)35(45-49(18,19)39(8,9)10)33(41-30)31(27-28-46(11,12)13)43-47(14,15)37(2,3)4/h20-23,25-28,30-35H,1,24H2,2-19H3/b28-27+/t30-,31-,32-,33-,34-,35+/m0/s1. The van der Waals surface area contributed by atoms with E-state index >= 15 is 0 Å². The molecule has 1 fully saturated rings. The number of hydrogen-bond acceptors (Lipinski definition) is 6. The number of ether oxygens (including phenoxy) is 2. The highest BCUT2D eigenvalue weighted by atomic mass is 28.4. The Hall–Kier alpha value is -1.12. The van der Waals surface area contributed by atoms with E-state index in [1.807, 2.05) is 24.3 Å². The second-order valence-electron chi connectivity index (χ2n) is 19.7. The maximum Gasteiger partial charge on any atom is 0.338 e. The zero-order valence-electron chi connectivity index (χ0n) is 34.4. The smallest absolute Gasteiger partial charge is 0.338 e. The second-order valence-corrected chi connectivity index (χ2v) is 39.0. The van der Waals surface area contributed by atoms with Crippen molar-refractivity contribution in [2.75, 3.05) is 0 Å². The van der Waals surface area contributed by atoms with Crippen molar-refractivity contribution >= 4 is 39.0 Å². The normalized spacial score (nSPS) is 24.2. The van der Waals surface area contributed by atoms with Gasteiger partial charge >= 0.3 is 5.97 Å². The van der Waals surface area contributed by atoms with Crippen LogP contribution in [-0.4, -0.2) is 75.6 Å². The first-order chi connectivity index (χ1) is 21.9. The summed E-state index contributed by atoms with van der Waals surface area (Å²) in [6, 6.07) is 9.18. The molecule has 1 aromatic rings. The Morgan fingerprint density at radius 2 is 1.22 bits per heavy atom. The van der Waals surface area contributed by atoms with E-state index in [0.717, 1.165) is 0 Å². The summed E-state index contributed by atoms with van der Waals surface area (Å²) in [5.74, 6) is -0.399. The third-order valence-corrected chi connectivity index (χ3v) is 25.8. The summed E-state index contributed by atoms with van der Waals surface area (Å²) >= 11 is 0. The van der Waals surface area contributed by atoms with Crippen LogP contribution in [0, 0.1) is 0 Å². The minimum atomic E-state index is -2.45. The van der Waals surface area contributed by atoms with Gasteiger partial charge in [0, 0.05) is 0 Å². The van der Waals surface area contributed by atoms with Gasteiger partial charge in [0.2, 0.25) is 0 Å². The molecule has 0 radical (unpaired) electrons. The molecule has 2 rings (SSSR count). The molecule has 280 valence electrons. The topological polar surface area (TPSA) is 63.2 Å². The summed E-state index contributed by atoms with van der Waals surface area (Å²) in [5.41, 5.74) is 2.86. The van der Waals surface area contributed by atoms with Crippen molar-refractivity contribution in [1.29, 1.82) is 0 Å². The van der Waals surface area contributed by atoms with Crippen molar-refractivity contribution < 1.29 is 27.5 Å². The highest BCUT2D eigenvalue weighted by Gasteiger charge is 2.57. The van der Waals surface area contributed by atoms with Gasteiger partial charge in [0.1, 0.15) is 24.4 Å². The van der Waals surface area contributed by atoms with Crippen molar-refractivity contribution in [3.8, 4) is 0 Å². The molecule has 0 saturated carbocycles. The van der Waals surface area contributed by atoms with Gasteiger partial charge in [0.05, 0.1) is 19.7 Å². The SMILES string of the molecule is C=CC[C@@H]1O[C@@H]([C@H](/C=C/[Si](C)(C)C)O[Si](C)(C)C(C)(C)C)[C@@H](O[Si](C)(C)C(C)(C)C)[C@@H](O[Si](C)(C)C(C)(C)C)[C@H]1OC(=O)c1ccccc1. The lowest BCUT2D eigenvalue weighted by Gasteiger charge is -2.54. The first-order valence-corrected chi connectivity index (χ1v) is 30.5. The third kappa shape index (κ3) is 11.7. The number of rotatable bonds is 13. The fraction of sp³-hybridized carbons (Fsp3) is 0.718. The molecule has 10 heteroatoms. The summed E-state index contributed by atoms with van der Waals surface area (Å²) in [4.78, 5) is 13.8. The van der Waals surface area contributed by atoms with E-state index in [0.29, 0.717) is 12.0 Å². The minimum Gasteiger partial charge on any atom is -0.453 e. The molecule has 6 atom stereocenters. The Morgan fingerprint density at radius 3 is 1.65 bits per heavy atom. The molecular weight excluding hydrogens is 677 g/mol. The van der Waals surface area contributed by atoms with Crippen LogP contribution in [0.2, 0.25) is 74.0 Å². The number of hydrogen-bond donors (Lipinski definition) is 0. The molecule has 0 N–H and O–H groups in total. The monoisotopic (exact) mass is 748 g/mol. The van der Waals surface area contributed by atoms with Crippen LogP contribution in [0.4, 0.5) is 0 Å². The maximum absolute atomic E-state index is 13.8. The first kappa shape index (κ1) is 44.0. The molecule has 0 aromatic heterocycles. The zero-order valence-corrected chi connectivity index (χ0v) is 38.4. The number of esters is 1. The predicted molar refractivity (Wildman–Crippen MR) is 218 cm³/mol. The first-order valence-electron chi connectivity index (χ1n) is 18.2. The van der Waals surface area contributed by atoms with Crippen LogP contribution in [-0.2, 0) is 22.8 Å². The van der Waals surface area contributed by atoms with Gasteiger partial charge in [-0.25, -0.2) is 4.79 Å². The molecule has 1 saturated heterocycles. The molecule has 0 aliphatic carbocycles. The highest BCUT2D eigenvalue weighted by molar-refractivity contribution is 6.81. The predicted octanol–water partition coefficient (Wildman–Crippen LogP) is 11.2. The quantitative estimate of drug-likeness (QED) is 0.114. The Kier molecular flexibility index (Phi) is 14.3. The van der Waals surface area contributed by atoms with Crippen LogP contribution in [0.25, 0.3) is 0 Å². The van der Waals surface area contributed by atoms with Gasteiger partial charge in [0.15, 0.2) is 31.1 Å². The summed E-state index contributed by atoms with van der Waals surface area (Å²) in [6.45, 7) is 45.1. The summed E-state index contributed by atoms with van der Waals surface area (Å²) < 4.78 is 36.0. The average Bonchev–Trinajstić information content (AvgIpc) is 2.92. The molecule has 1 aromatic carbocycles. The number of carbonyl (C=O) groups is 1. The maximum atomic E-state index is 13.8. The lowest BCUT2D eigenvalue weighted by atomic mass is 9.90. The average molecular weight is 749 g/mol. The summed E-state index contributed by atoms with van der Waals surface area (Å²) in [6.07, 6.45) is 1.35. The van der Waals surface area contributed by atoms with E-state index < -0.39 is 69.5 Å². The van der Waals surface area contributed by atoms with Crippen molar-refractivity contribution in [3.05, 3.63) is 60.3 Å². The van der Waals surface area contributed by atoms with Gasteiger partial charge in [-0.3, -0.25) is 0 Å².